The highest BCUT2D eigenvalue weighted by Crippen LogP contribution is 2.07. The lowest BCUT2D eigenvalue weighted by atomic mass is 10.2. The average molecular weight is 218 g/mol. The van der Waals surface area contributed by atoms with Crippen LogP contribution in [-0.2, 0) is 4.74 Å². The van der Waals surface area contributed by atoms with Gasteiger partial charge in [0.1, 0.15) is 5.82 Å². The Morgan fingerprint density at radius 2 is 2.50 bits per heavy atom. The number of hydrogen-bond acceptors (Lipinski definition) is 4. The van der Waals surface area contributed by atoms with E-state index in [-0.39, 0.29) is 5.97 Å². The monoisotopic (exact) mass is 218 g/mol. The zero-order chi connectivity index (χ0) is 11.8. The molecule has 0 saturated carbocycles. The third kappa shape index (κ3) is 3.62. The topological polar surface area (TPSA) is 51.2 Å². The average Bonchev–Trinajstić information content (AvgIpc) is 2.34. The van der Waals surface area contributed by atoms with Gasteiger partial charge in [-0.15, -0.1) is 12.3 Å². The lowest BCUT2D eigenvalue weighted by Gasteiger charge is -2.05. The van der Waals surface area contributed by atoms with E-state index in [1.165, 1.54) is 7.11 Å². The third-order valence-corrected chi connectivity index (χ3v) is 1.99. The molecule has 0 fully saturated rings. The Hall–Kier alpha value is -2.02. The van der Waals surface area contributed by atoms with E-state index in [0.29, 0.717) is 11.4 Å². The van der Waals surface area contributed by atoms with Gasteiger partial charge in [0.15, 0.2) is 0 Å². The number of ether oxygens (including phenoxy) is 1. The van der Waals surface area contributed by atoms with Crippen LogP contribution in [0.5, 0.6) is 0 Å². The van der Waals surface area contributed by atoms with Crippen LogP contribution >= 0.6 is 0 Å². The smallest absolute Gasteiger partial charge is 0.338 e. The Kier molecular flexibility index (Phi) is 4.87. The second-order valence-electron chi connectivity index (χ2n) is 3.16. The van der Waals surface area contributed by atoms with E-state index in [2.05, 4.69) is 21.0 Å². The van der Waals surface area contributed by atoms with Crippen molar-refractivity contribution >= 4 is 11.8 Å². The van der Waals surface area contributed by atoms with Crippen molar-refractivity contribution in [3.8, 4) is 12.3 Å². The highest BCUT2D eigenvalue weighted by Gasteiger charge is 2.05. The number of unbranched alkanes of at least 4 members (excludes halogenated alkanes) is 1. The molecule has 84 valence electrons. The number of esters is 1. The molecule has 0 saturated heterocycles. The first-order chi connectivity index (χ1) is 7.77. The molecule has 1 N–H and O–H groups in total. The molecule has 0 bridgehead atoms. The maximum Gasteiger partial charge on any atom is 0.338 e. The minimum Gasteiger partial charge on any atom is -0.465 e. The van der Waals surface area contributed by atoms with Gasteiger partial charge in [0.25, 0.3) is 0 Å². The van der Waals surface area contributed by atoms with Crippen LogP contribution in [0.4, 0.5) is 5.82 Å². The minimum absolute atomic E-state index is 0.367. The molecule has 0 spiro atoms. The highest BCUT2D eigenvalue weighted by atomic mass is 16.5. The first kappa shape index (κ1) is 12.1. The molecule has 0 atom stereocenters. The van der Waals surface area contributed by atoms with E-state index < -0.39 is 0 Å². The summed E-state index contributed by atoms with van der Waals surface area (Å²) >= 11 is 0. The molecule has 1 rings (SSSR count). The second-order valence-corrected chi connectivity index (χ2v) is 3.16. The van der Waals surface area contributed by atoms with Gasteiger partial charge in [-0.05, 0) is 18.6 Å². The SMILES string of the molecule is C#CCCCNc1cc(C(=O)OC)ccn1. The predicted molar refractivity (Wildman–Crippen MR) is 62.1 cm³/mol. The van der Waals surface area contributed by atoms with E-state index in [1.54, 1.807) is 18.3 Å². The summed E-state index contributed by atoms with van der Waals surface area (Å²) < 4.78 is 4.61. The summed E-state index contributed by atoms with van der Waals surface area (Å²) in [7, 11) is 1.35. The number of carbonyl (C=O) groups excluding carboxylic acids is 1. The van der Waals surface area contributed by atoms with E-state index in [0.717, 1.165) is 19.4 Å². The van der Waals surface area contributed by atoms with Gasteiger partial charge in [-0.3, -0.25) is 0 Å². The van der Waals surface area contributed by atoms with E-state index in [9.17, 15) is 4.79 Å². The summed E-state index contributed by atoms with van der Waals surface area (Å²) in [5.74, 6) is 2.84. The predicted octanol–water partition coefficient (Wildman–Crippen LogP) is 1.69. The fourth-order valence-corrected chi connectivity index (χ4v) is 1.18. The maximum absolute atomic E-state index is 11.2. The Morgan fingerprint density at radius 3 is 3.19 bits per heavy atom. The van der Waals surface area contributed by atoms with Crippen LogP contribution in [0.25, 0.3) is 0 Å². The van der Waals surface area contributed by atoms with Crippen molar-refractivity contribution in [3.05, 3.63) is 23.9 Å². The molecule has 1 aromatic heterocycles. The van der Waals surface area contributed by atoms with Gasteiger partial charge in [0, 0.05) is 19.2 Å². The van der Waals surface area contributed by atoms with Crippen molar-refractivity contribution in [1.82, 2.24) is 4.98 Å². The third-order valence-electron chi connectivity index (χ3n) is 1.99. The Labute approximate surface area is 95.0 Å². The van der Waals surface area contributed by atoms with Crippen molar-refractivity contribution in [2.45, 2.75) is 12.8 Å². The fraction of sp³-hybridized carbons (Fsp3) is 0.333. The molecule has 0 aliphatic heterocycles. The van der Waals surface area contributed by atoms with Crippen LogP contribution < -0.4 is 5.32 Å². The number of anilines is 1. The summed E-state index contributed by atoms with van der Waals surface area (Å²) in [6.45, 7) is 0.738. The minimum atomic E-state index is -0.367. The lowest BCUT2D eigenvalue weighted by molar-refractivity contribution is 0.0600. The van der Waals surface area contributed by atoms with E-state index in [1.807, 2.05) is 0 Å². The number of terminal acetylenes is 1. The summed E-state index contributed by atoms with van der Waals surface area (Å²) in [4.78, 5) is 15.3. The summed E-state index contributed by atoms with van der Waals surface area (Å²) in [5.41, 5.74) is 0.483. The zero-order valence-electron chi connectivity index (χ0n) is 9.19. The van der Waals surface area contributed by atoms with Gasteiger partial charge >= 0.3 is 5.97 Å². The summed E-state index contributed by atoms with van der Waals surface area (Å²) in [5, 5.41) is 3.08. The van der Waals surface area contributed by atoms with Gasteiger partial charge in [-0.25, -0.2) is 9.78 Å². The Balaban J connectivity index is 2.54. The van der Waals surface area contributed by atoms with Gasteiger partial charge in [0.05, 0.1) is 12.7 Å². The first-order valence-electron chi connectivity index (χ1n) is 4.99. The van der Waals surface area contributed by atoms with Crippen molar-refractivity contribution < 1.29 is 9.53 Å². The molecule has 0 aliphatic rings. The molecular weight excluding hydrogens is 204 g/mol. The van der Waals surface area contributed by atoms with Gasteiger partial charge in [0.2, 0.25) is 0 Å². The molecule has 1 heterocycles. The number of rotatable bonds is 5. The summed E-state index contributed by atoms with van der Waals surface area (Å²) in [6.07, 6.45) is 8.30. The van der Waals surface area contributed by atoms with Crippen LogP contribution in [0, 0.1) is 12.3 Å². The highest BCUT2D eigenvalue weighted by molar-refractivity contribution is 5.89. The molecule has 0 aliphatic carbocycles. The molecule has 4 heteroatoms. The molecule has 0 aromatic carbocycles. The Morgan fingerprint density at radius 1 is 1.69 bits per heavy atom. The second kappa shape index (κ2) is 6.46. The number of pyridine rings is 1. The molecule has 4 nitrogen and oxygen atoms in total. The van der Waals surface area contributed by atoms with Gasteiger partial charge < -0.3 is 10.1 Å². The molecule has 16 heavy (non-hydrogen) atoms. The van der Waals surface area contributed by atoms with Crippen molar-refractivity contribution in [2.75, 3.05) is 19.0 Å². The van der Waals surface area contributed by atoms with Crippen LogP contribution in [0.15, 0.2) is 18.3 Å². The largest absolute Gasteiger partial charge is 0.465 e. The standard InChI is InChI=1S/C12H14N2O2/c1-3-4-5-7-13-11-9-10(6-8-14-11)12(15)16-2/h1,6,8-9H,4-5,7H2,2H3,(H,13,14). The molecule has 0 radical (unpaired) electrons. The van der Waals surface area contributed by atoms with Crippen molar-refractivity contribution in [3.63, 3.8) is 0 Å². The zero-order valence-corrected chi connectivity index (χ0v) is 9.19. The van der Waals surface area contributed by atoms with Crippen LogP contribution in [0.1, 0.15) is 23.2 Å². The molecule has 0 unspecified atom stereocenters. The van der Waals surface area contributed by atoms with Gasteiger partial charge in [-0.2, -0.15) is 0 Å². The van der Waals surface area contributed by atoms with Gasteiger partial charge in [-0.1, -0.05) is 0 Å². The molecular formula is C12H14N2O2. The van der Waals surface area contributed by atoms with Crippen LogP contribution in [0.3, 0.4) is 0 Å². The number of nitrogens with one attached hydrogen (secondary N) is 1. The van der Waals surface area contributed by atoms with E-state index >= 15 is 0 Å². The number of nitrogens with zero attached hydrogens (tertiary/aromatic N) is 1. The van der Waals surface area contributed by atoms with Crippen molar-refractivity contribution in [1.29, 1.82) is 0 Å². The van der Waals surface area contributed by atoms with E-state index in [4.69, 9.17) is 6.42 Å². The maximum atomic E-state index is 11.2. The number of methoxy groups -OCH3 is 1. The first-order valence-corrected chi connectivity index (χ1v) is 4.99. The van der Waals surface area contributed by atoms with Crippen molar-refractivity contribution in [2.24, 2.45) is 0 Å². The Bertz CT molecular complexity index is 396. The molecule has 0 amide bonds. The molecule has 1 aromatic rings. The number of hydrogen-bond donors (Lipinski definition) is 1. The summed E-state index contributed by atoms with van der Waals surface area (Å²) in [6, 6.07) is 3.26. The number of carbonyl (C=O) groups is 1. The lowest BCUT2D eigenvalue weighted by Crippen LogP contribution is -2.06. The normalized spacial score (nSPS) is 9.25. The fourth-order valence-electron chi connectivity index (χ4n) is 1.18. The number of aromatic nitrogens is 1. The quantitative estimate of drug-likeness (QED) is 0.464. The van der Waals surface area contributed by atoms with Crippen LogP contribution in [0.2, 0.25) is 0 Å². The van der Waals surface area contributed by atoms with Crippen LogP contribution in [-0.4, -0.2) is 24.6 Å².